The van der Waals surface area contributed by atoms with Crippen LogP contribution < -0.4 is 10.6 Å². The highest BCUT2D eigenvalue weighted by atomic mass is 16.7. The van der Waals surface area contributed by atoms with Gasteiger partial charge in [-0.25, -0.2) is 0 Å². The Bertz CT molecular complexity index is 708. The topological polar surface area (TPSA) is 227 Å². The lowest BCUT2D eigenvalue weighted by Gasteiger charge is -2.55. The number of carbonyl (C=O) groups is 2. The molecule has 2 rings (SSSR count). The predicted octanol–water partition coefficient (Wildman–Crippen LogP) is -4.63. The molecule has 1 amide bonds. The van der Waals surface area contributed by atoms with Gasteiger partial charge in [0.25, 0.3) is 0 Å². The number of methoxy groups -OCH3 is 1. The lowest BCUT2D eigenvalue weighted by Crippen LogP contribution is -2.79. The fraction of sp³-hybridized carbons (Fsp3) is 0.789. The van der Waals surface area contributed by atoms with Crippen molar-refractivity contribution >= 4 is 11.9 Å². The number of rotatable bonds is 9. The van der Waals surface area contributed by atoms with Gasteiger partial charge in [-0.15, -0.1) is 0 Å². The van der Waals surface area contributed by atoms with E-state index in [0.717, 1.165) is 6.92 Å². The normalized spacial score (nSPS) is 41.6. The van der Waals surface area contributed by atoms with Gasteiger partial charge in [0.2, 0.25) is 5.91 Å². The molecular weight excluding hydrogens is 448 g/mol. The monoisotopic (exact) mass is 480 g/mol. The highest BCUT2D eigenvalue weighted by molar-refractivity contribution is 5.73. The van der Waals surface area contributed by atoms with Crippen molar-refractivity contribution in [2.24, 2.45) is 0 Å². The van der Waals surface area contributed by atoms with Crippen molar-refractivity contribution in [3.63, 3.8) is 0 Å². The zero-order valence-corrected chi connectivity index (χ0v) is 18.1. The van der Waals surface area contributed by atoms with Gasteiger partial charge in [-0.3, -0.25) is 9.59 Å². The minimum Gasteiger partial charge on any atom is -0.481 e. The van der Waals surface area contributed by atoms with E-state index < -0.39 is 85.7 Å². The Kier molecular flexibility index (Phi) is 9.54. The third kappa shape index (κ3) is 5.62. The molecule has 0 unspecified atom stereocenters. The van der Waals surface area contributed by atoms with Crippen LogP contribution in [0.25, 0.3) is 0 Å². The third-order valence-electron chi connectivity index (χ3n) is 5.77. The second-order valence-electron chi connectivity index (χ2n) is 7.92. The van der Waals surface area contributed by atoms with Crippen molar-refractivity contribution in [2.75, 3.05) is 20.3 Å². The molecular formula is C19H32N2O12. The summed E-state index contributed by atoms with van der Waals surface area (Å²) in [6.07, 6.45) is -9.07. The molecule has 2 aliphatic rings. The first-order valence-electron chi connectivity index (χ1n) is 10.2. The van der Waals surface area contributed by atoms with Crippen LogP contribution in [0.5, 0.6) is 0 Å². The molecule has 10 atom stereocenters. The number of ether oxygens (including phenoxy) is 3. The Morgan fingerprint density at radius 3 is 2.27 bits per heavy atom. The van der Waals surface area contributed by atoms with E-state index >= 15 is 0 Å². The van der Waals surface area contributed by atoms with E-state index in [1.165, 1.54) is 19.4 Å². The van der Waals surface area contributed by atoms with Crippen LogP contribution >= 0.6 is 0 Å². The lowest BCUT2D eigenvalue weighted by atomic mass is 9.73. The number of carbonyl (C=O) groups excluding carboxylic acids is 1. The molecule has 2 heterocycles. The summed E-state index contributed by atoms with van der Waals surface area (Å²) >= 11 is 0. The highest BCUT2D eigenvalue weighted by Crippen LogP contribution is 2.39. The average molecular weight is 480 g/mol. The summed E-state index contributed by atoms with van der Waals surface area (Å²) in [7, 11) is 1.22. The van der Waals surface area contributed by atoms with Crippen LogP contribution in [0.3, 0.4) is 0 Å². The highest BCUT2D eigenvalue weighted by Gasteiger charge is 2.64. The van der Waals surface area contributed by atoms with E-state index in [4.69, 9.17) is 19.3 Å². The first kappa shape index (κ1) is 27.4. The number of hydrogen-bond acceptors (Lipinski definition) is 12. The Hall–Kier alpha value is -1.88. The molecule has 2 saturated heterocycles. The Morgan fingerprint density at radius 1 is 1.09 bits per heavy atom. The maximum absolute atomic E-state index is 11.6. The smallest absolute Gasteiger partial charge is 0.307 e. The molecule has 0 aromatic carbocycles. The summed E-state index contributed by atoms with van der Waals surface area (Å²) in [5.74, 6) is -1.71. The Labute approximate surface area is 189 Å². The second-order valence-corrected chi connectivity index (χ2v) is 7.92. The van der Waals surface area contributed by atoms with Crippen LogP contribution in [0.4, 0.5) is 0 Å². The Morgan fingerprint density at radius 2 is 1.76 bits per heavy atom. The average Bonchev–Trinajstić information content (AvgIpc) is 2.76. The first-order valence-corrected chi connectivity index (χ1v) is 10.2. The summed E-state index contributed by atoms with van der Waals surface area (Å²) in [5, 5.41) is 77.3. The van der Waals surface area contributed by atoms with Crippen molar-refractivity contribution in [3.05, 3.63) is 12.3 Å². The van der Waals surface area contributed by atoms with Crippen LogP contribution in [-0.4, -0.2) is 129 Å². The molecule has 0 saturated carbocycles. The maximum Gasteiger partial charge on any atom is 0.307 e. The fourth-order valence-corrected chi connectivity index (χ4v) is 4.15. The number of aliphatic hydroxyl groups excluding tert-OH is 5. The minimum atomic E-state index is -2.55. The Balaban J connectivity index is 2.42. The van der Waals surface area contributed by atoms with Crippen LogP contribution in [0.2, 0.25) is 0 Å². The molecule has 14 heteroatoms. The molecule has 14 nitrogen and oxygen atoms in total. The van der Waals surface area contributed by atoms with Crippen molar-refractivity contribution in [1.29, 1.82) is 0 Å². The third-order valence-corrected chi connectivity index (χ3v) is 5.77. The number of carboxylic acid groups (broad SMARTS) is 1. The van der Waals surface area contributed by atoms with Crippen LogP contribution in [0, 0.1) is 0 Å². The molecule has 9 N–H and O–H groups in total. The molecule has 2 aliphatic heterocycles. The van der Waals surface area contributed by atoms with E-state index in [9.17, 15) is 40.2 Å². The molecule has 190 valence electrons. The number of amides is 1. The summed E-state index contributed by atoms with van der Waals surface area (Å²) < 4.78 is 16.2. The molecule has 0 bridgehead atoms. The summed E-state index contributed by atoms with van der Waals surface area (Å²) in [5.41, 5.74) is -2.55. The molecule has 0 spiro atoms. The van der Waals surface area contributed by atoms with E-state index in [1.807, 2.05) is 0 Å². The first-order chi connectivity index (χ1) is 15.5. The van der Waals surface area contributed by atoms with Gasteiger partial charge in [0, 0.05) is 14.0 Å². The number of aliphatic carboxylic acids is 1. The van der Waals surface area contributed by atoms with E-state index in [2.05, 4.69) is 10.6 Å². The van der Waals surface area contributed by atoms with Gasteiger partial charge in [-0.05, 0) is 6.20 Å². The van der Waals surface area contributed by atoms with E-state index in [-0.39, 0.29) is 6.42 Å². The molecule has 0 aliphatic carbocycles. The van der Waals surface area contributed by atoms with Gasteiger partial charge in [-0.2, -0.15) is 0 Å². The fourth-order valence-electron chi connectivity index (χ4n) is 4.15. The zero-order valence-electron chi connectivity index (χ0n) is 18.1. The zero-order chi connectivity index (χ0) is 24.9. The van der Waals surface area contributed by atoms with Gasteiger partial charge in [0.15, 0.2) is 6.29 Å². The number of nitrogens with one attached hydrogen (secondary N) is 2. The van der Waals surface area contributed by atoms with Gasteiger partial charge in [0.1, 0.15) is 48.3 Å². The standard InChI is InChI=1S/C19H32N2O12/c1-8(24)21-13-16(29)19(30,10(7-23)33-18(13)31-2)17-15(28)12(14(27)9(6-22)32-17)20-5-3-4-11(25)26/h3,5,9-10,12-18,20,22-23,27-30H,4,6-7H2,1-2H3,(H,21,24)(H,25,26)/t9-,10-,12-,13+,14+,15-,16-,17-,18+,19-/m1/s1. The maximum atomic E-state index is 11.6. The van der Waals surface area contributed by atoms with Crippen molar-refractivity contribution in [1.82, 2.24) is 10.6 Å². The summed E-state index contributed by atoms with van der Waals surface area (Å²) in [6.45, 7) is -0.437. The minimum absolute atomic E-state index is 0.352. The molecule has 0 radical (unpaired) electrons. The molecule has 33 heavy (non-hydrogen) atoms. The van der Waals surface area contributed by atoms with Gasteiger partial charge in [0.05, 0.1) is 25.7 Å². The molecule has 2 fully saturated rings. The van der Waals surface area contributed by atoms with Crippen molar-refractivity contribution in [2.45, 2.75) is 73.9 Å². The van der Waals surface area contributed by atoms with E-state index in [0.29, 0.717) is 0 Å². The molecule has 0 aromatic heterocycles. The van der Waals surface area contributed by atoms with Crippen molar-refractivity contribution < 1.29 is 59.5 Å². The second kappa shape index (κ2) is 11.5. The lowest BCUT2D eigenvalue weighted by molar-refractivity contribution is -0.347. The van der Waals surface area contributed by atoms with Gasteiger partial charge >= 0.3 is 5.97 Å². The quantitative estimate of drug-likeness (QED) is 0.151. The number of aliphatic hydroxyl groups is 6. The SMILES string of the molecule is CO[C@H]1O[C@H](CO)[C@](O)([C@@H]2O[C@H](CO)[C@H](O)[C@@H](NC=CCC(=O)O)[C@H]2O)[C@H](O)[C@@H]1NC(C)=O. The molecule has 0 aromatic rings. The largest absolute Gasteiger partial charge is 0.481 e. The number of carboxylic acids is 1. The summed E-state index contributed by atoms with van der Waals surface area (Å²) in [4.78, 5) is 22.3. The predicted molar refractivity (Wildman–Crippen MR) is 107 cm³/mol. The van der Waals surface area contributed by atoms with E-state index in [1.54, 1.807) is 0 Å². The number of hydrogen-bond donors (Lipinski definition) is 9. The van der Waals surface area contributed by atoms with Crippen molar-refractivity contribution in [3.8, 4) is 0 Å². The van der Waals surface area contributed by atoms with Gasteiger partial charge in [-0.1, -0.05) is 6.08 Å². The van der Waals surface area contributed by atoms with Crippen LogP contribution in [0.1, 0.15) is 13.3 Å². The van der Waals surface area contributed by atoms with Gasteiger partial charge < -0.3 is 60.6 Å². The van der Waals surface area contributed by atoms with Crippen LogP contribution in [0.15, 0.2) is 12.3 Å². The van der Waals surface area contributed by atoms with Crippen LogP contribution in [-0.2, 0) is 23.8 Å². The summed E-state index contributed by atoms with van der Waals surface area (Å²) in [6, 6.07) is -2.63.